The molecule has 4 N–H and O–H groups in total. The van der Waals surface area contributed by atoms with Crippen LogP contribution in [-0.4, -0.2) is 48.2 Å². The summed E-state index contributed by atoms with van der Waals surface area (Å²) in [6, 6.07) is 9.10. The van der Waals surface area contributed by atoms with Gasteiger partial charge in [-0.3, -0.25) is 9.59 Å². The summed E-state index contributed by atoms with van der Waals surface area (Å²) in [5.74, 6) is -1.31. The number of carbonyl (C=O) groups excluding carboxylic acids is 2. The van der Waals surface area contributed by atoms with Crippen LogP contribution in [0.15, 0.2) is 42.7 Å². The monoisotopic (exact) mass is 558 g/mol. The lowest BCUT2D eigenvalue weighted by Gasteiger charge is -2.15. The van der Waals surface area contributed by atoms with E-state index in [2.05, 4.69) is 30.9 Å². The molecule has 0 aliphatic carbocycles. The van der Waals surface area contributed by atoms with E-state index in [1.54, 1.807) is 13.0 Å². The molecular weight excluding hydrogens is 541 g/mol. The van der Waals surface area contributed by atoms with Gasteiger partial charge in [-0.15, -0.1) is 5.10 Å². The van der Waals surface area contributed by atoms with Crippen LogP contribution in [0.3, 0.4) is 0 Å². The fourth-order valence-corrected chi connectivity index (χ4v) is 3.78. The summed E-state index contributed by atoms with van der Waals surface area (Å²) >= 11 is 6.27. The number of rotatable bonds is 7. The van der Waals surface area contributed by atoms with E-state index in [9.17, 15) is 28.0 Å². The van der Waals surface area contributed by atoms with Crippen LogP contribution in [0.25, 0.3) is 5.82 Å². The molecule has 0 unspecified atom stereocenters. The van der Waals surface area contributed by atoms with Crippen molar-refractivity contribution in [2.45, 2.75) is 19.6 Å². The van der Waals surface area contributed by atoms with Gasteiger partial charge in [-0.2, -0.15) is 33.4 Å². The molecule has 0 fully saturated rings. The van der Waals surface area contributed by atoms with Crippen LogP contribution >= 0.6 is 11.6 Å². The molecule has 0 radical (unpaired) electrons. The van der Waals surface area contributed by atoms with Crippen molar-refractivity contribution in [2.75, 3.05) is 12.0 Å². The lowest BCUT2D eigenvalue weighted by molar-refractivity contribution is -0.141. The van der Waals surface area contributed by atoms with Crippen molar-refractivity contribution in [1.82, 2.24) is 35.1 Å². The van der Waals surface area contributed by atoms with Gasteiger partial charge in [0.15, 0.2) is 11.5 Å². The van der Waals surface area contributed by atoms with Crippen molar-refractivity contribution >= 4 is 29.1 Å². The van der Waals surface area contributed by atoms with Gasteiger partial charge >= 0.3 is 6.18 Å². The number of halogens is 4. The Morgan fingerprint density at radius 3 is 2.62 bits per heavy atom. The molecule has 0 saturated heterocycles. The Bertz CT molecular complexity index is 1610. The van der Waals surface area contributed by atoms with Gasteiger partial charge in [0.2, 0.25) is 0 Å². The van der Waals surface area contributed by atoms with Gasteiger partial charge in [0, 0.05) is 6.20 Å². The maximum absolute atomic E-state index is 13.5. The number of anilines is 1. The Hall–Kier alpha value is -4.81. The average molecular weight is 559 g/mol. The summed E-state index contributed by atoms with van der Waals surface area (Å²) in [6.07, 6.45) is -2.70. The second-order valence-corrected chi connectivity index (χ2v) is 8.40. The van der Waals surface area contributed by atoms with Crippen molar-refractivity contribution in [3.05, 3.63) is 81.5 Å². The maximum Gasteiger partial charge on any atom is 0.436 e. The number of nitrogens with two attached hydrogens (primary N) is 1. The smallest absolute Gasteiger partial charge is 0.340 e. The first kappa shape index (κ1) is 27.2. The fourth-order valence-electron chi connectivity index (χ4n) is 3.57. The molecule has 12 nitrogen and oxygen atoms in total. The summed E-state index contributed by atoms with van der Waals surface area (Å²) < 4.78 is 39.9. The van der Waals surface area contributed by atoms with Crippen molar-refractivity contribution < 1.29 is 22.8 Å². The highest BCUT2D eigenvalue weighted by atomic mass is 35.5. The molecule has 0 atom stereocenters. The van der Waals surface area contributed by atoms with Gasteiger partial charge in [0.05, 0.1) is 46.5 Å². The third-order valence-electron chi connectivity index (χ3n) is 5.27. The number of benzene rings is 1. The number of hydrogen-bond donors (Lipinski definition) is 3. The van der Waals surface area contributed by atoms with Crippen LogP contribution in [0.5, 0.6) is 0 Å². The summed E-state index contributed by atoms with van der Waals surface area (Å²) in [4.78, 5) is 31.1. The molecule has 200 valence electrons. The lowest BCUT2D eigenvalue weighted by Crippen LogP contribution is -2.30. The summed E-state index contributed by atoms with van der Waals surface area (Å²) in [7, 11) is 0. The predicted octanol–water partition coefficient (Wildman–Crippen LogP) is 2.66. The van der Waals surface area contributed by atoms with Crippen LogP contribution < -0.4 is 16.4 Å². The van der Waals surface area contributed by atoms with Gasteiger partial charge in [0.25, 0.3) is 11.8 Å². The van der Waals surface area contributed by atoms with E-state index in [1.165, 1.54) is 30.5 Å². The lowest BCUT2D eigenvalue weighted by atomic mass is 10.0. The number of aryl methyl sites for hydroxylation is 1. The standard InChI is InChI=1S/C23H18ClF3N10O2/c1-12-5-13(8-28)6-15(21(38)31-11-29)19(12)33-22(39)17-7-14(10-36-32-9-18(35-36)23(25,26)27)34-37(17)20-16(24)3-2-4-30-20/h2-7,9H,10-11,29H2,1H3,(H,31,38)(H,33,39). The SMILES string of the molecule is Cc1cc(C#N)cc(C(=O)NCN)c1NC(=O)c1cc(Cn2ncc(C(F)(F)F)n2)nn1-c1ncccc1Cl. The molecule has 4 aromatic rings. The fraction of sp³-hybridized carbons (Fsp3) is 0.174. The highest BCUT2D eigenvalue weighted by molar-refractivity contribution is 6.32. The molecule has 1 aromatic carbocycles. The molecule has 3 heterocycles. The van der Waals surface area contributed by atoms with Crippen LogP contribution in [0.1, 0.15) is 43.4 Å². The largest absolute Gasteiger partial charge is 0.436 e. The van der Waals surface area contributed by atoms with E-state index in [0.29, 0.717) is 11.8 Å². The minimum Gasteiger partial charge on any atom is -0.340 e. The number of aromatic nitrogens is 6. The summed E-state index contributed by atoms with van der Waals surface area (Å²) in [5, 5.41) is 25.8. The summed E-state index contributed by atoms with van der Waals surface area (Å²) in [5.41, 5.74) is 4.93. The van der Waals surface area contributed by atoms with Crippen molar-refractivity contribution in [1.29, 1.82) is 5.26 Å². The van der Waals surface area contributed by atoms with Crippen molar-refractivity contribution in [2.24, 2.45) is 5.73 Å². The third-order valence-corrected chi connectivity index (χ3v) is 5.57. The molecule has 3 aromatic heterocycles. The Balaban J connectivity index is 1.76. The Labute approximate surface area is 223 Å². The molecule has 0 bridgehead atoms. The van der Waals surface area contributed by atoms with Gasteiger partial charge < -0.3 is 16.4 Å². The molecule has 4 rings (SSSR count). The van der Waals surface area contributed by atoms with Gasteiger partial charge in [-0.1, -0.05) is 11.6 Å². The van der Waals surface area contributed by atoms with Gasteiger partial charge in [-0.25, -0.2) is 9.67 Å². The van der Waals surface area contributed by atoms with E-state index < -0.39 is 23.7 Å². The molecule has 0 aliphatic heterocycles. The quantitative estimate of drug-likeness (QED) is 0.291. The average Bonchev–Trinajstić information content (AvgIpc) is 3.53. The normalized spacial score (nSPS) is 11.2. The number of nitrogens with one attached hydrogen (secondary N) is 2. The zero-order valence-electron chi connectivity index (χ0n) is 20.0. The molecule has 0 spiro atoms. The van der Waals surface area contributed by atoms with E-state index in [-0.39, 0.29) is 52.3 Å². The number of amides is 2. The van der Waals surface area contributed by atoms with Crippen LogP contribution in [0, 0.1) is 18.3 Å². The minimum atomic E-state index is -4.68. The zero-order chi connectivity index (χ0) is 28.3. The molecular formula is C23H18ClF3N10O2. The van der Waals surface area contributed by atoms with Crippen molar-refractivity contribution in [3.8, 4) is 11.9 Å². The number of hydrogen-bond acceptors (Lipinski definition) is 8. The topological polar surface area (TPSA) is 169 Å². The number of nitriles is 1. The van der Waals surface area contributed by atoms with Crippen LogP contribution in [-0.2, 0) is 12.7 Å². The van der Waals surface area contributed by atoms with Gasteiger partial charge in [-0.05, 0) is 42.8 Å². The Morgan fingerprint density at radius 1 is 1.21 bits per heavy atom. The minimum absolute atomic E-state index is 0.00655. The summed E-state index contributed by atoms with van der Waals surface area (Å²) in [6.45, 7) is 1.09. The molecule has 0 saturated carbocycles. The second-order valence-electron chi connectivity index (χ2n) is 7.99. The number of nitrogens with zero attached hydrogens (tertiary/aromatic N) is 7. The van der Waals surface area contributed by atoms with E-state index in [0.717, 1.165) is 9.48 Å². The van der Waals surface area contributed by atoms with Crippen LogP contribution in [0.2, 0.25) is 5.02 Å². The maximum atomic E-state index is 13.5. The Morgan fingerprint density at radius 2 is 1.97 bits per heavy atom. The molecule has 39 heavy (non-hydrogen) atoms. The highest BCUT2D eigenvalue weighted by Crippen LogP contribution is 2.27. The first-order valence-corrected chi connectivity index (χ1v) is 11.4. The number of pyridine rings is 1. The van der Waals surface area contributed by atoms with Crippen molar-refractivity contribution in [3.63, 3.8) is 0 Å². The predicted molar refractivity (Wildman–Crippen MR) is 131 cm³/mol. The number of carbonyl (C=O) groups is 2. The van der Waals surface area contributed by atoms with Gasteiger partial charge in [0.1, 0.15) is 12.2 Å². The van der Waals surface area contributed by atoms with Crippen LogP contribution in [0.4, 0.5) is 18.9 Å². The second kappa shape index (κ2) is 10.9. The number of alkyl halides is 3. The first-order valence-electron chi connectivity index (χ1n) is 11.0. The highest BCUT2D eigenvalue weighted by Gasteiger charge is 2.34. The third kappa shape index (κ3) is 5.87. The zero-order valence-corrected chi connectivity index (χ0v) is 20.7. The molecule has 16 heteroatoms. The van der Waals surface area contributed by atoms with E-state index >= 15 is 0 Å². The van der Waals surface area contributed by atoms with E-state index in [4.69, 9.17) is 17.3 Å². The Kier molecular flexibility index (Phi) is 7.61. The molecule has 2 amide bonds. The van der Waals surface area contributed by atoms with E-state index in [1.807, 2.05) is 6.07 Å². The molecule has 0 aliphatic rings. The first-order chi connectivity index (χ1) is 18.5.